The lowest BCUT2D eigenvalue weighted by molar-refractivity contribution is -0.157. The Balaban J connectivity index is 2.31. The minimum absolute atomic E-state index is 0.121. The Labute approximate surface area is 108 Å². The lowest BCUT2D eigenvalue weighted by Gasteiger charge is -2.38. The van der Waals surface area contributed by atoms with Gasteiger partial charge in [0.2, 0.25) is 0 Å². The van der Waals surface area contributed by atoms with E-state index in [9.17, 15) is 14.0 Å². The number of alkyl halides is 1. The van der Waals surface area contributed by atoms with Gasteiger partial charge < -0.3 is 14.4 Å². The summed E-state index contributed by atoms with van der Waals surface area (Å²) in [5.74, 6) is -0.607. The van der Waals surface area contributed by atoms with Crippen molar-refractivity contribution in [2.24, 2.45) is 5.11 Å². The summed E-state index contributed by atoms with van der Waals surface area (Å²) in [6, 6.07) is -1.72. The van der Waals surface area contributed by atoms with Gasteiger partial charge in [0.1, 0.15) is 18.3 Å². The van der Waals surface area contributed by atoms with E-state index in [1.54, 1.807) is 0 Å². The molecule has 2 aliphatic rings. The number of hydrogen-bond acceptors (Lipinski definition) is 5. The molecule has 1 saturated heterocycles. The fraction of sp³-hybridized carbons (Fsp3) is 0.800. The number of ether oxygens (including phenoxy) is 2. The molecule has 0 aromatic carbocycles. The van der Waals surface area contributed by atoms with Gasteiger partial charge in [0.25, 0.3) is 0 Å². The number of amides is 1. The van der Waals surface area contributed by atoms with Crippen molar-refractivity contribution >= 4 is 12.1 Å². The van der Waals surface area contributed by atoms with E-state index in [1.165, 1.54) is 14.0 Å². The van der Waals surface area contributed by atoms with E-state index in [1.807, 2.05) is 0 Å². The van der Waals surface area contributed by atoms with Crippen LogP contribution in [0.5, 0.6) is 0 Å². The van der Waals surface area contributed by atoms with Gasteiger partial charge in [0.15, 0.2) is 6.10 Å². The second kappa shape index (κ2) is 4.93. The van der Waals surface area contributed by atoms with Gasteiger partial charge in [-0.1, -0.05) is 5.11 Å². The third kappa shape index (κ3) is 2.28. The first kappa shape index (κ1) is 13.4. The predicted octanol–water partition coefficient (Wildman–Crippen LogP) is 1.16. The number of azide groups is 1. The molecule has 104 valence electrons. The molecule has 1 amide bonds. The molecule has 1 aliphatic heterocycles. The van der Waals surface area contributed by atoms with Crippen LogP contribution in [0, 0.1) is 0 Å². The summed E-state index contributed by atoms with van der Waals surface area (Å²) < 4.78 is 24.1. The minimum atomic E-state index is -1.40. The van der Waals surface area contributed by atoms with Crippen molar-refractivity contribution in [1.82, 2.24) is 4.90 Å². The van der Waals surface area contributed by atoms with Gasteiger partial charge in [-0.2, -0.15) is 0 Å². The highest BCUT2D eigenvalue weighted by molar-refractivity contribution is 5.71. The standard InChI is InChI=1S/C10H13FN4O4/c1-4(16)18-8-6(13-14-12)3-5(11)7-9(8)19-10(17)15(7)2/h5-9H,3H2,1-2H3/t5-,6+,7-,8-,9-/m1/s1. The van der Waals surface area contributed by atoms with E-state index in [2.05, 4.69) is 10.0 Å². The largest absolute Gasteiger partial charge is 0.458 e. The third-order valence-corrected chi connectivity index (χ3v) is 3.35. The van der Waals surface area contributed by atoms with Crippen molar-refractivity contribution in [3.05, 3.63) is 10.4 Å². The molecule has 8 nitrogen and oxygen atoms in total. The van der Waals surface area contributed by atoms with Gasteiger partial charge in [-0.3, -0.25) is 4.79 Å². The van der Waals surface area contributed by atoms with Crippen molar-refractivity contribution < 1.29 is 23.5 Å². The summed E-state index contributed by atoms with van der Waals surface area (Å²) in [5, 5.41) is 3.43. The molecule has 9 heteroatoms. The molecule has 0 spiro atoms. The maximum Gasteiger partial charge on any atom is 0.410 e. The number of hydrogen-bond donors (Lipinski definition) is 0. The summed E-state index contributed by atoms with van der Waals surface area (Å²) in [7, 11) is 1.41. The van der Waals surface area contributed by atoms with Crippen LogP contribution in [0.4, 0.5) is 9.18 Å². The van der Waals surface area contributed by atoms with Crippen LogP contribution in [0.2, 0.25) is 0 Å². The molecule has 5 atom stereocenters. The summed E-state index contributed by atoms with van der Waals surface area (Å²) in [6.45, 7) is 1.18. The minimum Gasteiger partial charge on any atom is -0.458 e. The van der Waals surface area contributed by atoms with Gasteiger partial charge in [-0.05, 0) is 12.0 Å². The summed E-state index contributed by atoms with van der Waals surface area (Å²) in [6.07, 6.45) is -4.12. The van der Waals surface area contributed by atoms with Crippen LogP contribution in [-0.4, -0.2) is 54.5 Å². The molecular formula is C10H13FN4O4. The summed E-state index contributed by atoms with van der Waals surface area (Å²) in [4.78, 5) is 26.3. The van der Waals surface area contributed by atoms with Gasteiger partial charge >= 0.3 is 12.1 Å². The van der Waals surface area contributed by atoms with Gasteiger partial charge in [-0.15, -0.1) is 0 Å². The Morgan fingerprint density at radius 3 is 2.95 bits per heavy atom. The van der Waals surface area contributed by atoms with Gasteiger partial charge in [-0.25, -0.2) is 9.18 Å². The Morgan fingerprint density at radius 1 is 1.68 bits per heavy atom. The van der Waals surface area contributed by atoms with E-state index in [-0.39, 0.29) is 6.42 Å². The van der Waals surface area contributed by atoms with Gasteiger partial charge in [0, 0.05) is 18.9 Å². The molecule has 2 rings (SSSR count). The Bertz CT molecular complexity index is 453. The molecule has 0 radical (unpaired) electrons. The normalized spacial score (nSPS) is 37.1. The highest BCUT2D eigenvalue weighted by atomic mass is 19.1. The first-order valence-corrected chi connectivity index (χ1v) is 5.74. The highest BCUT2D eigenvalue weighted by Crippen LogP contribution is 2.36. The van der Waals surface area contributed by atoms with E-state index in [0.29, 0.717) is 0 Å². The Kier molecular flexibility index (Phi) is 3.48. The zero-order valence-electron chi connectivity index (χ0n) is 10.4. The number of rotatable bonds is 2. The number of nitrogens with zero attached hydrogens (tertiary/aromatic N) is 4. The van der Waals surface area contributed by atoms with Crippen molar-refractivity contribution in [2.45, 2.75) is 43.8 Å². The van der Waals surface area contributed by atoms with Crippen molar-refractivity contribution in [2.75, 3.05) is 7.05 Å². The zero-order valence-corrected chi connectivity index (χ0v) is 10.4. The van der Waals surface area contributed by atoms with Crippen LogP contribution >= 0.6 is 0 Å². The number of carbonyl (C=O) groups excluding carboxylic acids is 2. The van der Waals surface area contributed by atoms with Crippen molar-refractivity contribution in [3.8, 4) is 0 Å². The average molecular weight is 272 g/mol. The van der Waals surface area contributed by atoms with Crippen LogP contribution in [0.15, 0.2) is 5.11 Å². The first-order valence-electron chi connectivity index (χ1n) is 5.74. The van der Waals surface area contributed by atoms with E-state index in [4.69, 9.17) is 15.0 Å². The molecule has 1 aliphatic carbocycles. The monoisotopic (exact) mass is 272 g/mol. The SMILES string of the molecule is CC(=O)O[C@H]1[C@@H]2OC(=O)N(C)[C@@H]2[C@H](F)C[C@@H]1N=[N+]=[N-]. The predicted molar refractivity (Wildman–Crippen MR) is 59.8 cm³/mol. The fourth-order valence-corrected chi connectivity index (χ4v) is 2.56. The molecule has 0 unspecified atom stereocenters. The topological polar surface area (TPSA) is 105 Å². The molecule has 1 saturated carbocycles. The van der Waals surface area contributed by atoms with E-state index < -0.39 is 42.5 Å². The lowest BCUT2D eigenvalue weighted by Crippen LogP contribution is -2.56. The van der Waals surface area contributed by atoms with Crippen molar-refractivity contribution in [1.29, 1.82) is 0 Å². The second-order valence-corrected chi connectivity index (χ2v) is 4.55. The fourth-order valence-electron chi connectivity index (χ4n) is 2.56. The molecule has 1 heterocycles. The van der Waals surface area contributed by atoms with Crippen LogP contribution in [0.25, 0.3) is 10.4 Å². The number of halogens is 1. The number of fused-ring (bicyclic) bond motifs is 1. The zero-order chi connectivity index (χ0) is 14.2. The van der Waals surface area contributed by atoms with Gasteiger partial charge in [0.05, 0.1) is 6.04 Å². The Morgan fingerprint density at radius 2 is 2.37 bits per heavy atom. The van der Waals surface area contributed by atoms with Crippen LogP contribution in [0.3, 0.4) is 0 Å². The molecule has 0 bridgehead atoms. The third-order valence-electron chi connectivity index (χ3n) is 3.35. The second-order valence-electron chi connectivity index (χ2n) is 4.55. The molecule has 0 N–H and O–H groups in total. The van der Waals surface area contributed by atoms with E-state index in [0.717, 1.165) is 4.90 Å². The van der Waals surface area contributed by atoms with Crippen molar-refractivity contribution in [3.63, 3.8) is 0 Å². The number of esters is 1. The molecular weight excluding hydrogens is 259 g/mol. The number of likely N-dealkylation sites (N-methyl/N-ethyl adjacent to an activating group) is 1. The van der Waals surface area contributed by atoms with Crippen LogP contribution in [0.1, 0.15) is 13.3 Å². The maximum absolute atomic E-state index is 14.0. The number of carbonyl (C=O) groups is 2. The van der Waals surface area contributed by atoms with Crippen LogP contribution < -0.4 is 0 Å². The molecule has 0 aromatic heterocycles. The maximum atomic E-state index is 14.0. The quantitative estimate of drug-likeness (QED) is 0.325. The van der Waals surface area contributed by atoms with E-state index >= 15 is 0 Å². The summed E-state index contributed by atoms with van der Waals surface area (Å²) in [5.41, 5.74) is 8.48. The smallest absolute Gasteiger partial charge is 0.410 e. The average Bonchev–Trinajstić information content (AvgIpc) is 2.61. The highest BCUT2D eigenvalue weighted by Gasteiger charge is 2.55. The molecule has 2 fully saturated rings. The molecule has 19 heavy (non-hydrogen) atoms. The lowest BCUT2D eigenvalue weighted by atomic mass is 9.85. The van der Waals surface area contributed by atoms with Crippen LogP contribution in [-0.2, 0) is 14.3 Å². The summed E-state index contributed by atoms with van der Waals surface area (Å²) >= 11 is 0. The Hall–Kier alpha value is -2.02. The first-order chi connectivity index (χ1) is 8.95. The molecule has 0 aromatic rings.